The lowest BCUT2D eigenvalue weighted by molar-refractivity contribution is -0.133. The van der Waals surface area contributed by atoms with Crippen LogP contribution in [0.4, 0.5) is 0 Å². The maximum atomic E-state index is 12.5. The van der Waals surface area contributed by atoms with Gasteiger partial charge in [-0.2, -0.15) is 0 Å². The molecular weight excluding hydrogens is 326 g/mol. The molecule has 0 bridgehead atoms. The van der Waals surface area contributed by atoms with Crippen molar-refractivity contribution in [3.63, 3.8) is 0 Å². The van der Waals surface area contributed by atoms with Gasteiger partial charge in [-0.05, 0) is 26.9 Å². The molecular formula is C20H39N5O. The van der Waals surface area contributed by atoms with Crippen LogP contribution in [0, 0.1) is 0 Å². The lowest BCUT2D eigenvalue weighted by Crippen LogP contribution is -2.51. The van der Waals surface area contributed by atoms with Crippen LogP contribution in [0.3, 0.4) is 0 Å². The molecule has 6 nitrogen and oxygen atoms in total. The minimum absolute atomic E-state index is 0.257. The smallest absolute Gasteiger partial charge is 0.236 e. The first-order valence-corrected chi connectivity index (χ1v) is 10.2. The number of carbonyl (C=O) groups excluding carboxylic acids is 1. The molecule has 0 aromatic heterocycles. The van der Waals surface area contributed by atoms with Gasteiger partial charge in [0.2, 0.25) is 5.91 Å². The second-order valence-electron chi connectivity index (χ2n) is 6.82. The maximum absolute atomic E-state index is 12.5. The average Bonchev–Trinajstić information content (AvgIpc) is 2.67. The summed E-state index contributed by atoms with van der Waals surface area (Å²) in [6, 6.07) is 0. The van der Waals surface area contributed by atoms with Crippen molar-refractivity contribution >= 4 is 12.1 Å². The molecule has 2 aliphatic rings. The Morgan fingerprint density at radius 3 is 2.58 bits per heavy atom. The van der Waals surface area contributed by atoms with Gasteiger partial charge in [0.15, 0.2) is 0 Å². The van der Waals surface area contributed by atoms with Crippen LogP contribution >= 0.6 is 0 Å². The van der Waals surface area contributed by atoms with Gasteiger partial charge in [0, 0.05) is 51.1 Å². The van der Waals surface area contributed by atoms with E-state index in [2.05, 4.69) is 27.0 Å². The fraction of sp³-hybridized carbons (Fsp3) is 0.800. The molecule has 1 fully saturated rings. The SMILES string of the molecule is CC.CCCCN1CCN(C(=O)CN(C)CCC2=C(C)N=CCN2)CC1. The molecule has 26 heavy (non-hydrogen) atoms. The van der Waals surface area contributed by atoms with E-state index in [0.717, 1.165) is 51.4 Å². The van der Waals surface area contributed by atoms with Crippen molar-refractivity contribution in [3.05, 3.63) is 11.4 Å². The number of hydrogen-bond donors (Lipinski definition) is 1. The zero-order valence-electron chi connectivity index (χ0n) is 17.6. The summed E-state index contributed by atoms with van der Waals surface area (Å²) >= 11 is 0. The van der Waals surface area contributed by atoms with Gasteiger partial charge in [0.1, 0.15) is 0 Å². The normalized spacial score (nSPS) is 17.8. The van der Waals surface area contributed by atoms with E-state index >= 15 is 0 Å². The number of unbranched alkanes of at least 4 members (excludes halogenated alkanes) is 1. The van der Waals surface area contributed by atoms with Crippen LogP contribution in [0.5, 0.6) is 0 Å². The van der Waals surface area contributed by atoms with Gasteiger partial charge in [0.25, 0.3) is 0 Å². The Morgan fingerprint density at radius 2 is 1.96 bits per heavy atom. The quantitative estimate of drug-likeness (QED) is 0.716. The molecule has 150 valence electrons. The van der Waals surface area contributed by atoms with Gasteiger partial charge in [0.05, 0.1) is 18.8 Å². The standard InChI is InChI=1S/C18H33N5O.C2H6/c1-4-5-9-22-11-13-23(14-12-22)18(24)15-21(3)10-6-17-16(2)19-7-8-20-17;1-2/h7,20H,4-6,8-15H2,1-3H3;1-2H3. The number of nitrogens with zero attached hydrogens (tertiary/aromatic N) is 4. The monoisotopic (exact) mass is 365 g/mol. The fourth-order valence-corrected chi connectivity index (χ4v) is 3.14. The van der Waals surface area contributed by atoms with Crippen LogP contribution in [-0.4, -0.2) is 86.2 Å². The molecule has 0 saturated carbocycles. The Labute approximate surface area is 160 Å². The number of allylic oxidation sites excluding steroid dienone is 1. The first-order valence-electron chi connectivity index (χ1n) is 10.2. The lowest BCUT2D eigenvalue weighted by Gasteiger charge is -2.35. The van der Waals surface area contributed by atoms with E-state index in [1.54, 1.807) is 0 Å². The predicted molar refractivity (Wildman–Crippen MR) is 111 cm³/mol. The predicted octanol–water partition coefficient (Wildman–Crippen LogP) is 2.18. The molecule has 0 radical (unpaired) electrons. The summed E-state index contributed by atoms with van der Waals surface area (Å²) in [6.45, 7) is 15.4. The third kappa shape index (κ3) is 7.87. The van der Waals surface area contributed by atoms with Crippen molar-refractivity contribution in [1.29, 1.82) is 0 Å². The number of aliphatic imine (C=N–C) groups is 1. The molecule has 1 saturated heterocycles. The van der Waals surface area contributed by atoms with Gasteiger partial charge < -0.3 is 10.2 Å². The van der Waals surface area contributed by atoms with E-state index in [9.17, 15) is 4.79 Å². The molecule has 6 heteroatoms. The number of likely N-dealkylation sites (N-methyl/N-ethyl adjacent to an activating group) is 1. The van der Waals surface area contributed by atoms with Crippen molar-refractivity contribution in [1.82, 2.24) is 20.0 Å². The second-order valence-corrected chi connectivity index (χ2v) is 6.82. The second kappa shape index (κ2) is 12.9. The minimum atomic E-state index is 0.257. The van der Waals surface area contributed by atoms with Crippen LogP contribution < -0.4 is 5.32 Å². The minimum Gasteiger partial charge on any atom is -0.382 e. The lowest BCUT2D eigenvalue weighted by atomic mass is 10.2. The van der Waals surface area contributed by atoms with Gasteiger partial charge in [-0.15, -0.1) is 0 Å². The van der Waals surface area contributed by atoms with Crippen molar-refractivity contribution in [3.8, 4) is 0 Å². The summed E-state index contributed by atoms with van der Waals surface area (Å²) in [5.41, 5.74) is 2.26. The summed E-state index contributed by atoms with van der Waals surface area (Å²) in [4.78, 5) is 23.4. The molecule has 0 atom stereocenters. The molecule has 0 aromatic rings. The van der Waals surface area contributed by atoms with Crippen molar-refractivity contribution < 1.29 is 4.79 Å². The third-order valence-electron chi connectivity index (χ3n) is 4.83. The Hall–Kier alpha value is -1.40. The molecule has 2 rings (SSSR count). The van der Waals surface area contributed by atoms with E-state index < -0.39 is 0 Å². The van der Waals surface area contributed by atoms with Crippen LogP contribution in [0.25, 0.3) is 0 Å². The summed E-state index contributed by atoms with van der Waals surface area (Å²) in [7, 11) is 2.03. The van der Waals surface area contributed by atoms with E-state index in [-0.39, 0.29) is 5.91 Å². The highest BCUT2D eigenvalue weighted by Gasteiger charge is 2.21. The van der Waals surface area contributed by atoms with Gasteiger partial charge >= 0.3 is 0 Å². The summed E-state index contributed by atoms with van der Waals surface area (Å²) < 4.78 is 0. The Balaban J connectivity index is 0.00000163. The topological polar surface area (TPSA) is 51.2 Å². The Kier molecular flexibility index (Phi) is 11.2. The van der Waals surface area contributed by atoms with Gasteiger partial charge in [-0.3, -0.25) is 19.6 Å². The number of piperazine rings is 1. The Morgan fingerprint density at radius 1 is 1.27 bits per heavy atom. The zero-order chi connectivity index (χ0) is 19.4. The summed E-state index contributed by atoms with van der Waals surface area (Å²) in [6.07, 6.45) is 5.30. The molecule has 2 aliphatic heterocycles. The number of hydrogen-bond acceptors (Lipinski definition) is 5. The van der Waals surface area contributed by atoms with Crippen molar-refractivity contribution in [2.24, 2.45) is 4.99 Å². The molecule has 1 amide bonds. The first kappa shape index (κ1) is 22.6. The highest BCUT2D eigenvalue weighted by molar-refractivity contribution is 5.78. The number of rotatable bonds is 8. The number of amides is 1. The summed E-state index contributed by atoms with van der Waals surface area (Å²) in [5.74, 6) is 0.257. The zero-order valence-corrected chi connectivity index (χ0v) is 17.6. The molecule has 0 unspecified atom stereocenters. The van der Waals surface area contributed by atoms with Crippen LogP contribution in [0.1, 0.15) is 47.0 Å². The van der Waals surface area contributed by atoms with Crippen LogP contribution in [0.2, 0.25) is 0 Å². The number of nitrogens with one attached hydrogen (secondary N) is 1. The highest BCUT2D eigenvalue weighted by Crippen LogP contribution is 2.10. The number of carbonyl (C=O) groups is 1. The highest BCUT2D eigenvalue weighted by atomic mass is 16.2. The van der Waals surface area contributed by atoms with Crippen molar-refractivity contribution in [2.75, 3.05) is 59.4 Å². The largest absolute Gasteiger partial charge is 0.382 e. The van der Waals surface area contributed by atoms with Crippen molar-refractivity contribution in [2.45, 2.75) is 47.0 Å². The molecule has 0 spiro atoms. The molecule has 0 aliphatic carbocycles. The van der Waals surface area contributed by atoms with Gasteiger partial charge in [-0.1, -0.05) is 27.2 Å². The van der Waals surface area contributed by atoms with Crippen LogP contribution in [-0.2, 0) is 4.79 Å². The van der Waals surface area contributed by atoms with Gasteiger partial charge in [-0.25, -0.2) is 0 Å². The molecule has 2 heterocycles. The summed E-state index contributed by atoms with van der Waals surface area (Å²) in [5, 5.41) is 3.37. The average molecular weight is 366 g/mol. The van der Waals surface area contributed by atoms with E-state index in [0.29, 0.717) is 6.54 Å². The van der Waals surface area contributed by atoms with Crippen LogP contribution in [0.15, 0.2) is 16.4 Å². The van der Waals surface area contributed by atoms with E-state index in [1.807, 2.05) is 38.9 Å². The van der Waals surface area contributed by atoms with E-state index in [1.165, 1.54) is 25.1 Å². The molecule has 1 N–H and O–H groups in total. The maximum Gasteiger partial charge on any atom is 0.236 e. The Bertz CT molecular complexity index is 467. The van der Waals surface area contributed by atoms with E-state index in [4.69, 9.17) is 0 Å². The third-order valence-corrected chi connectivity index (χ3v) is 4.83. The molecule has 0 aromatic carbocycles. The first-order chi connectivity index (χ1) is 12.6. The fourth-order valence-electron chi connectivity index (χ4n) is 3.14.